The zero-order valence-electron chi connectivity index (χ0n) is 8.92. The molecule has 1 aromatic rings. The average molecular weight is 325 g/mol. The molecule has 0 aromatic carbocycles. The standard InChI is InChI=1S/C9H10BrFN2O5/c10-7-6(16)4(3-14)18-9(7,11)13-2-1-5(15)12-8(13)17/h1-2,4,6-7,14,16H,3H2,(H,12,15,17)/t4-,6-,7-,9+/m1/s1. The van der Waals surface area contributed by atoms with Gasteiger partial charge in [-0.15, -0.1) is 0 Å². The third-order valence-electron chi connectivity index (χ3n) is 2.67. The molecule has 3 N–H and O–H groups in total. The van der Waals surface area contributed by atoms with Gasteiger partial charge in [0.2, 0.25) is 0 Å². The van der Waals surface area contributed by atoms with E-state index in [-0.39, 0.29) is 0 Å². The predicted molar refractivity (Wildman–Crippen MR) is 61.1 cm³/mol. The van der Waals surface area contributed by atoms with Crippen LogP contribution >= 0.6 is 15.9 Å². The number of aromatic nitrogens is 2. The average Bonchev–Trinajstić information content (AvgIpc) is 2.54. The summed E-state index contributed by atoms with van der Waals surface area (Å²) >= 11 is 2.88. The van der Waals surface area contributed by atoms with Gasteiger partial charge in [0.25, 0.3) is 5.56 Å². The minimum absolute atomic E-state index is 0.507. The lowest BCUT2D eigenvalue weighted by molar-refractivity contribution is -0.202. The largest absolute Gasteiger partial charge is 0.394 e. The van der Waals surface area contributed by atoms with Crippen LogP contribution in [0.4, 0.5) is 4.39 Å². The van der Waals surface area contributed by atoms with E-state index in [1.54, 1.807) is 0 Å². The molecule has 0 spiro atoms. The molecule has 1 fully saturated rings. The van der Waals surface area contributed by atoms with E-state index < -0.39 is 40.9 Å². The second-order valence-electron chi connectivity index (χ2n) is 3.82. The summed E-state index contributed by atoms with van der Waals surface area (Å²) in [5.74, 6) is -2.69. The summed E-state index contributed by atoms with van der Waals surface area (Å²) in [5, 5.41) is 18.6. The Morgan fingerprint density at radius 3 is 2.78 bits per heavy atom. The number of aromatic amines is 1. The molecule has 1 aliphatic rings. The fraction of sp³-hybridized carbons (Fsp3) is 0.556. The van der Waals surface area contributed by atoms with Crippen LogP contribution in [0.5, 0.6) is 0 Å². The normalized spacial score (nSPS) is 35.9. The molecule has 0 amide bonds. The number of aliphatic hydroxyl groups excluding tert-OH is 2. The first kappa shape index (κ1) is 13.4. The van der Waals surface area contributed by atoms with Crippen molar-refractivity contribution in [1.29, 1.82) is 0 Å². The Kier molecular flexibility index (Phi) is 3.41. The van der Waals surface area contributed by atoms with Gasteiger partial charge in [0.1, 0.15) is 17.0 Å². The van der Waals surface area contributed by atoms with Crippen LogP contribution in [0.3, 0.4) is 0 Å². The van der Waals surface area contributed by atoms with E-state index in [2.05, 4.69) is 15.9 Å². The van der Waals surface area contributed by atoms with Gasteiger partial charge in [-0.1, -0.05) is 15.9 Å². The first-order chi connectivity index (χ1) is 8.40. The lowest BCUT2D eigenvalue weighted by Crippen LogP contribution is -2.46. The molecular formula is C9H10BrFN2O5. The summed E-state index contributed by atoms with van der Waals surface area (Å²) in [7, 11) is 0. The Bertz CT molecular complexity index is 560. The van der Waals surface area contributed by atoms with Crippen LogP contribution in [0.2, 0.25) is 0 Å². The molecule has 0 radical (unpaired) electrons. The molecule has 0 unspecified atom stereocenters. The van der Waals surface area contributed by atoms with E-state index in [0.717, 1.165) is 12.3 Å². The van der Waals surface area contributed by atoms with Gasteiger partial charge in [0.15, 0.2) is 0 Å². The van der Waals surface area contributed by atoms with Crippen LogP contribution in [0, 0.1) is 0 Å². The van der Waals surface area contributed by atoms with Gasteiger partial charge in [-0.2, -0.15) is 4.39 Å². The summed E-state index contributed by atoms with van der Waals surface area (Å²) < 4.78 is 20.0. The summed E-state index contributed by atoms with van der Waals surface area (Å²) in [5.41, 5.74) is -1.69. The van der Waals surface area contributed by atoms with Crippen molar-refractivity contribution in [1.82, 2.24) is 9.55 Å². The molecule has 4 atom stereocenters. The van der Waals surface area contributed by atoms with Crippen LogP contribution in [0.15, 0.2) is 21.9 Å². The van der Waals surface area contributed by atoms with E-state index in [9.17, 15) is 19.1 Å². The van der Waals surface area contributed by atoms with Crippen LogP contribution in [-0.2, 0) is 10.7 Å². The Labute approximate surface area is 108 Å². The number of halogens is 2. The molecule has 0 aliphatic carbocycles. The molecule has 9 heteroatoms. The number of ether oxygens (including phenoxy) is 1. The molecule has 0 bridgehead atoms. The number of alkyl halides is 2. The van der Waals surface area contributed by atoms with Gasteiger partial charge in [0.05, 0.1) is 6.61 Å². The maximum Gasteiger partial charge on any atom is 0.332 e. The number of nitrogens with one attached hydrogen (secondary N) is 1. The van der Waals surface area contributed by atoms with Crippen LogP contribution in [-0.4, -0.2) is 43.4 Å². The second-order valence-corrected chi connectivity index (χ2v) is 4.81. The monoisotopic (exact) mass is 324 g/mol. The fourth-order valence-corrected chi connectivity index (χ4v) is 2.41. The maximum atomic E-state index is 14.6. The second kappa shape index (κ2) is 4.57. The molecule has 7 nitrogen and oxygen atoms in total. The van der Waals surface area contributed by atoms with Crippen molar-refractivity contribution in [3.63, 3.8) is 0 Å². The highest BCUT2D eigenvalue weighted by Crippen LogP contribution is 2.40. The highest BCUT2D eigenvalue weighted by molar-refractivity contribution is 9.09. The molecule has 0 saturated carbocycles. The van der Waals surface area contributed by atoms with E-state index in [4.69, 9.17) is 9.84 Å². The molecule has 2 heterocycles. The maximum absolute atomic E-state index is 14.6. The number of hydrogen-bond acceptors (Lipinski definition) is 5. The number of nitrogens with zero attached hydrogens (tertiary/aromatic N) is 1. The highest BCUT2D eigenvalue weighted by atomic mass is 79.9. The molecule has 100 valence electrons. The van der Waals surface area contributed by atoms with E-state index in [1.807, 2.05) is 4.98 Å². The van der Waals surface area contributed by atoms with Crippen molar-refractivity contribution in [2.75, 3.05) is 6.61 Å². The summed E-state index contributed by atoms with van der Waals surface area (Å²) in [6.07, 6.45) is -1.58. The van der Waals surface area contributed by atoms with Crippen LogP contribution < -0.4 is 11.2 Å². The Morgan fingerprint density at radius 1 is 1.61 bits per heavy atom. The van der Waals surface area contributed by atoms with Gasteiger partial charge in [-0.05, 0) is 0 Å². The molecule has 18 heavy (non-hydrogen) atoms. The number of H-pyrrole nitrogens is 1. The summed E-state index contributed by atoms with van der Waals surface area (Å²) in [6.45, 7) is -0.604. The van der Waals surface area contributed by atoms with Crippen molar-refractivity contribution in [2.24, 2.45) is 0 Å². The quantitative estimate of drug-likeness (QED) is 0.582. The minimum Gasteiger partial charge on any atom is -0.394 e. The fourth-order valence-electron chi connectivity index (χ4n) is 1.74. The highest BCUT2D eigenvalue weighted by Gasteiger charge is 2.56. The number of aliphatic hydroxyl groups is 2. The van der Waals surface area contributed by atoms with Crippen molar-refractivity contribution in [3.8, 4) is 0 Å². The molecule has 2 rings (SSSR count). The Hall–Kier alpha value is -1.03. The van der Waals surface area contributed by atoms with Gasteiger partial charge in [-0.25, -0.2) is 9.36 Å². The molecule has 1 aromatic heterocycles. The Morgan fingerprint density at radius 2 is 2.28 bits per heavy atom. The van der Waals surface area contributed by atoms with Crippen molar-refractivity contribution < 1.29 is 19.3 Å². The molecule has 1 saturated heterocycles. The van der Waals surface area contributed by atoms with Crippen LogP contribution in [0.25, 0.3) is 0 Å². The van der Waals surface area contributed by atoms with Crippen molar-refractivity contribution in [2.45, 2.75) is 23.0 Å². The smallest absolute Gasteiger partial charge is 0.332 e. The lowest BCUT2D eigenvalue weighted by atomic mass is 10.2. The van der Waals surface area contributed by atoms with Gasteiger partial charge >= 0.3 is 11.7 Å². The lowest BCUT2D eigenvalue weighted by Gasteiger charge is -2.24. The summed E-state index contributed by atoms with van der Waals surface area (Å²) in [4.78, 5) is 23.0. The predicted octanol–water partition coefficient (Wildman–Crippen LogP) is -1.37. The molecular weight excluding hydrogens is 315 g/mol. The number of rotatable bonds is 2. The zero-order chi connectivity index (χ0) is 13.5. The number of hydrogen-bond donors (Lipinski definition) is 3. The third-order valence-corrected chi connectivity index (χ3v) is 3.78. The summed E-state index contributed by atoms with van der Waals surface area (Å²) in [6, 6.07) is 0.949. The zero-order valence-corrected chi connectivity index (χ0v) is 10.5. The van der Waals surface area contributed by atoms with Gasteiger partial charge in [0, 0.05) is 12.3 Å². The van der Waals surface area contributed by atoms with Crippen LogP contribution in [0.1, 0.15) is 0 Å². The SMILES string of the molecule is O=c1ccn([C@]2(F)O[C@H](CO)[C@@H](O)[C@H]2Br)c(=O)[nH]1. The van der Waals surface area contributed by atoms with Crippen molar-refractivity contribution in [3.05, 3.63) is 33.1 Å². The van der Waals surface area contributed by atoms with E-state index >= 15 is 0 Å². The minimum atomic E-state index is -2.69. The molecule has 1 aliphatic heterocycles. The first-order valence-electron chi connectivity index (χ1n) is 5.02. The van der Waals surface area contributed by atoms with E-state index in [1.165, 1.54) is 0 Å². The van der Waals surface area contributed by atoms with E-state index in [0.29, 0.717) is 4.57 Å². The Balaban J connectivity index is 2.49. The van der Waals surface area contributed by atoms with Gasteiger partial charge < -0.3 is 14.9 Å². The first-order valence-corrected chi connectivity index (χ1v) is 5.94. The van der Waals surface area contributed by atoms with Gasteiger partial charge in [-0.3, -0.25) is 9.78 Å². The topological polar surface area (TPSA) is 105 Å². The van der Waals surface area contributed by atoms with Crippen molar-refractivity contribution >= 4 is 15.9 Å². The third kappa shape index (κ3) is 1.92.